The van der Waals surface area contributed by atoms with Gasteiger partial charge in [-0.25, -0.2) is 4.98 Å². The number of anilines is 1. The zero-order valence-corrected chi connectivity index (χ0v) is 19.5. The number of nitrogens with zero attached hydrogens (tertiary/aromatic N) is 3. The first kappa shape index (κ1) is 21.1. The molecular weight excluding hydrogens is 418 g/mol. The molecule has 1 aliphatic heterocycles. The fourth-order valence-electron chi connectivity index (χ4n) is 4.67. The van der Waals surface area contributed by atoms with Crippen LogP contribution in [-0.4, -0.2) is 34.8 Å². The molecule has 2 aromatic carbocycles. The maximum absolute atomic E-state index is 13.8. The Hall–Kier alpha value is -2.73. The standard InChI is InChI=1S/C26H29N3O2S/c1-17-13-18(2)23-22(14-17)32-26(27-23)29(15-19-7-4-3-5-8-19)25(31)21-9-6-12-28(16-21)24(30)20-10-11-20/h3-5,7-8,13-14,20-21H,6,9-12,15-16H2,1-2H3. The highest BCUT2D eigenvalue weighted by molar-refractivity contribution is 7.22. The third-order valence-electron chi connectivity index (χ3n) is 6.51. The van der Waals surface area contributed by atoms with Crippen LogP contribution < -0.4 is 4.90 Å². The predicted molar refractivity (Wildman–Crippen MR) is 129 cm³/mol. The van der Waals surface area contributed by atoms with Crippen LogP contribution in [0.2, 0.25) is 0 Å². The van der Waals surface area contributed by atoms with Gasteiger partial charge in [-0.15, -0.1) is 0 Å². The molecule has 32 heavy (non-hydrogen) atoms. The van der Waals surface area contributed by atoms with E-state index in [1.54, 1.807) is 11.3 Å². The second-order valence-corrected chi connectivity index (χ2v) is 10.2. The van der Waals surface area contributed by atoms with Gasteiger partial charge in [-0.3, -0.25) is 14.5 Å². The van der Waals surface area contributed by atoms with E-state index in [9.17, 15) is 9.59 Å². The van der Waals surface area contributed by atoms with Crippen LogP contribution in [0.1, 0.15) is 42.4 Å². The number of hydrogen-bond donors (Lipinski definition) is 0. The summed E-state index contributed by atoms with van der Waals surface area (Å²) in [6.07, 6.45) is 3.70. The van der Waals surface area contributed by atoms with Gasteiger partial charge in [0.15, 0.2) is 5.13 Å². The molecular formula is C26H29N3O2S. The number of thiazole rings is 1. The van der Waals surface area contributed by atoms with Crippen LogP contribution in [0.25, 0.3) is 10.2 Å². The molecule has 166 valence electrons. The minimum Gasteiger partial charge on any atom is -0.342 e. The number of aryl methyl sites for hydroxylation is 2. The van der Waals surface area contributed by atoms with E-state index in [4.69, 9.17) is 4.98 Å². The fraction of sp³-hybridized carbons (Fsp3) is 0.423. The van der Waals surface area contributed by atoms with E-state index in [1.165, 1.54) is 5.56 Å². The van der Waals surface area contributed by atoms with Crippen molar-refractivity contribution in [3.63, 3.8) is 0 Å². The topological polar surface area (TPSA) is 53.5 Å². The Bertz CT molecular complexity index is 1150. The lowest BCUT2D eigenvalue weighted by molar-refractivity contribution is -0.136. The molecule has 3 aromatic rings. The minimum atomic E-state index is -0.176. The molecule has 2 aliphatic rings. The van der Waals surface area contributed by atoms with Gasteiger partial charge in [0.2, 0.25) is 11.8 Å². The lowest BCUT2D eigenvalue weighted by atomic mass is 9.96. The molecule has 1 saturated heterocycles. The Kier molecular flexibility index (Phi) is 5.72. The quantitative estimate of drug-likeness (QED) is 0.547. The maximum atomic E-state index is 13.8. The van der Waals surface area contributed by atoms with Crippen molar-refractivity contribution in [2.24, 2.45) is 11.8 Å². The third kappa shape index (κ3) is 4.29. The fourth-order valence-corrected chi connectivity index (χ4v) is 5.81. The summed E-state index contributed by atoms with van der Waals surface area (Å²) in [5.41, 5.74) is 4.38. The smallest absolute Gasteiger partial charge is 0.233 e. The van der Waals surface area contributed by atoms with Crippen molar-refractivity contribution in [2.45, 2.75) is 46.1 Å². The van der Waals surface area contributed by atoms with Crippen LogP contribution >= 0.6 is 11.3 Å². The molecule has 2 amide bonds. The van der Waals surface area contributed by atoms with Crippen molar-refractivity contribution >= 4 is 38.5 Å². The number of fused-ring (bicyclic) bond motifs is 1. The van der Waals surface area contributed by atoms with Crippen LogP contribution in [0, 0.1) is 25.7 Å². The van der Waals surface area contributed by atoms with E-state index in [2.05, 4.69) is 26.0 Å². The molecule has 2 heterocycles. The van der Waals surface area contributed by atoms with Gasteiger partial charge in [-0.1, -0.05) is 47.7 Å². The van der Waals surface area contributed by atoms with E-state index in [0.29, 0.717) is 13.1 Å². The monoisotopic (exact) mass is 447 g/mol. The lowest BCUT2D eigenvalue weighted by Crippen LogP contribution is -2.47. The number of amides is 2. The Labute approximate surface area is 193 Å². The van der Waals surface area contributed by atoms with E-state index >= 15 is 0 Å². The average molecular weight is 448 g/mol. The van der Waals surface area contributed by atoms with Gasteiger partial charge in [0.05, 0.1) is 22.7 Å². The molecule has 6 heteroatoms. The summed E-state index contributed by atoms with van der Waals surface area (Å²) in [6, 6.07) is 14.4. The number of benzene rings is 2. The summed E-state index contributed by atoms with van der Waals surface area (Å²) in [4.78, 5) is 35.2. The Morgan fingerprint density at radius 1 is 1.09 bits per heavy atom. The first-order valence-corrected chi connectivity index (χ1v) is 12.3. The van der Waals surface area contributed by atoms with Crippen molar-refractivity contribution in [3.8, 4) is 0 Å². The summed E-state index contributed by atoms with van der Waals surface area (Å²) in [6.45, 7) is 5.96. The highest BCUT2D eigenvalue weighted by atomic mass is 32.1. The number of hydrogen-bond acceptors (Lipinski definition) is 4. The van der Waals surface area contributed by atoms with Gasteiger partial charge in [-0.2, -0.15) is 0 Å². The molecule has 1 aliphatic carbocycles. The van der Waals surface area contributed by atoms with E-state index in [1.807, 2.05) is 40.1 Å². The highest BCUT2D eigenvalue weighted by Crippen LogP contribution is 2.35. The number of piperidine rings is 1. The molecule has 2 fully saturated rings. The number of likely N-dealkylation sites (tertiary alicyclic amines) is 1. The molecule has 0 N–H and O–H groups in total. The lowest BCUT2D eigenvalue weighted by Gasteiger charge is -2.34. The predicted octanol–water partition coefficient (Wildman–Crippen LogP) is 5.09. The van der Waals surface area contributed by atoms with Crippen LogP contribution in [-0.2, 0) is 16.1 Å². The zero-order valence-electron chi connectivity index (χ0n) is 18.7. The minimum absolute atomic E-state index is 0.0792. The molecule has 0 bridgehead atoms. The molecule has 1 saturated carbocycles. The second-order valence-electron chi connectivity index (χ2n) is 9.23. The van der Waals surface area contributed by atoms with E-state index in [0.717, 1.165) is 58.7 Å². The van der Waals surface area contributed by atoms with Crippen molar-refractivity contribution in [3.05, 3.63) is 59.2 Å². The molecule has 1 unspecified atom stereocenters. The number of aromatic nitrogens is 1. The molecule has 1 atom stereocenters. The van der Waals surface area contributed by atoms with Gasteiger partial charge in [-0.05, 0) is 62.3 Å². The molecule has 0 spiro atoms. The Morgan fingerprint density at radius 3 is 2.62 bits per heavy atom. The average Bonchev–Trinajstić information content (AvgIpc) is 3.56. The first-order chi connectivity index (χ1) is 15.5. The van der Waals surface area contributed by atoms with Crippen LogP contribution in [0.3, 0.4) is 0 Å². The summed E-state index contributed by atoms with van der Waals surface area (Å²) in [7, 11) is 0. The highest BCUT2D eigenvalue weighted by Gasteiger charge is 2.38. The van der Waals surface area contributed by atoms with E-state index < -0.39 is 0 Å². The molecule has 5 nitrogen and oxygen atoms in total. The van der Waals surface area contributed by atoms with Gasteiger partial charge < -0.3 is 4.90 Å². The van der Waals surface area contributed by atoms with Crippen molar-refractivity contribution in [1.82, 2.24) is 9.88 Å². The second kappa shape index (κ2) is 8.66. The summed E-state index contributed by atoms with van der Waals surface area (Å²) < 4.78 is 1.11. The molecule has 0 radical (unpaired) electrons. The number of carbonyl (C=O) groups excluding carboxylic acids is 2. The van der Waals surface area contributed by atoms with Crippen LogP contribution in [0.15, 0.2) is 42.5 Å². The summed E-state index contributed by atoms with van der Waals surface area (Å²) in [5, 5.41) is 0.744. The summed E-state index contributed by atoms with van der Waals surface area (Å²) in [5.74, 6) is 0.337. The first-order valence-electron chi connectivity index (χ1n) is 11.5. The van der Waals surface area contributed by atoms with Crippen LogP contribution in [0.5, 0.6) is 0 Å². The number of carbonyl (C=O) groups is 2. The SMILES string of the molecule is Cc1cc(C)c2nc(N(Cc3ccccc3)C(=O)C3CCCN(C(=O)C4CC4)C3)sc2c1. The Balaban J connectivity index is 1.46. The van der Waals surface area contributed by atoms with Gasteiger partial charge in [0, 0.05) is 19.0 Å². The van der Waals surface area contributed by atoms with Gasteiger partial charge in [0.1, 0.15) is 0 Å². The van der Waals surface area contributed by atoms with Crippen molar-refractivity contribution in [1.29, 1.82) is 0 Å². The Morgan fingerprint density at radius 2 is 1.88 bits per heavy atom. The normalized spacial score (nSPS) is 18.7. The van der Waals surface area contributed by atoms with Crippen molar-refractivity contribution < 1.29 is 9.59 Å². The summed E-state index contributed by atoms with van der Waals surface area (Å²) >= 11 is 1.58. The van der Waals surface area contributed by atoms with Crippen LogP contribution in [0.4, 0.5) is 5.13 Å². The van der Waals surface area contributed by atoms with Gasteiger partial charge in [0.25, 0.3) is 0 Å². The molecule has 1 aromatic heterocycles. The maximum Gasteiger partial charge on any atom is 0.233 e. The number of rotatable bonds is 5. The van der Waals surface area contributed by atoms with Gasteiger partial charge >= 0.3 is 0 Å². The third-order valence-corrected chi connectivity index (χ3v) is 7.53. The molecule has 5 rings (SSSR count). The van der Waals surface area contributed by atoms with E-state index in [-0.39, 0.29) is 23.7 Å². The van der Waals surface area contributed by atoms with Crippen molar-refractivity contribution in [2.75, 3.05) is 18.0 Å². The largest absolute Gasteiger partial charge is 0.342 e. The zero-order chi connectivity index (χ0) is 22.2.